The highest BCUT2D eigenvalue weighted by atomic mass is 32.2. The minimum absolute atomic E-state index is 0.151. The number of nitrogens with zero attached hydrogens (tertiary/aromatic N) is 3. The molecular formula is C17H30N4O2S. The second-order valence-corrected chi connectivity index (χ2v) is 9.07. The van der Waals surface area contributed by atoms with E-state index in [0.29, 0.717) is 12.6 Å². The monoisotopic (exact) mass is 354 g/mol. The van der Waals surface area contributed by atoms with Gasteiger partial charge in [-0.15, -0.1) is 0 Å². The molecule has 1 saturated heterocycles. The van der Waals surface area contributed by atoms with Crippen LogP contribution < -0.4 is 4.72 Å². The second-order valence-electron chi connectivity index (χ2n) is 6.97. The number of fused-ring (bicyclic) bond motifs is 1. The van der Waals surface area contributed by atoms with Crippen molar-refractivity contribution in [2.24, 2.45) is 7.05 Å². The summed E-state index contributed by atoms with van der Waals surface area (Å²) in [6.45, 7) is 4.20. The summed E-state index contributed by atoms with van der Waals surface area (Å²) in [5.74, 6) is 1.37. The molecule has 0 unspecified atom stereocenters. The molecule has 1 fully saturated rings. The summed E-state index contributed by atoms with van der Waals surface area (Å²) in [7, 11) is -0.910. The lowest BCUT2D eigenvalue weighted by Gasteiger charge is -2.24. The Bertz CT molecular complexity index is 668. The zero-order valence-electron chi connectivity index (χ0n) is 14.9. The minimum atomic E-state index is -3.07. The molecule has 0 aromatic carbocycles. The van der Waals surface area contributed by atoms with Gasteiger partial charge < -0.3 is 4.57 Å². The highest BCUT2D eigenvalue weighted by molar-refractivity contribution is 7.89. The van der Waals surface area contributed by atoms with Gasteiger partial charge in [-0.25, -0.2) is 18.1 Å². The van der Waals surface area contributed by atoms with Crippen molar-refractivity contribution >= 4 is 10.0 Å². The highest BCUT2D eigenvalue weighted by Crippen LogP contribution is 2.33. The first-order valence-corrected chi connectivity index (χ1v) is 10.9. The van der Waals surface area contributed by atoms with Gasteiger partial charge in [0.15, 0.2) is 0 Å². The van der Waals surface area contributed by atoms with Crippen molar-refractivity contribution < 1.29 is 8.42 Å². The Hall–Kier alpha value is -0.920. The maximum absolute atomic E-state index is 11.5. The SMILES string of the molecule is CCS(=O)(=O)NCCCN1CCC[C@@H]1c1nc2c(n1C)CCCC2. The van der Waals surface area contributed by atoms with Crippen LogP contribution in [0.25, 0.3) is 0 Å². The first kappa shape index (κ1) is 17.9. The Balaban J connectivity index is 1.61. The Labute approximate surface area is 145 Å². The summed E-state index contributed by atoms with van der Waals surface area (Å²) in [4.78, 5) is 7.45. The molecule has 1 aromatic heterocycles. The van der Waals surface area contributed by atoms with Crippen LogP contribution >= 0.6 is 0 Å². The number of hydrogen-bond acceptors (Lipinski definition) is 4. The number of rotatable bonds is 7. The average Bonchev–Trinajstić information content (AvgIpc) is 3.16. The zero-order valence-corrected chi connectivity index (χ0v) is 15.7. The second kappa shape index (κ2) is 7.54. The normalized spacial score (nSPS) is 22.0. The summed E-state index contributed by atoms with van der Waals surface area (Å²) in [5.41, 5.74) is 2.74. The van der Waals surface area contributed by atoms with Crippen LogP contribution in [0.2, 0.25) is 0 Å². The largest absolute Gasteiger partial charge is 0.334 e. The summed E-state index contributed by atoms with van der Waals surface area (Å²) >= 11 is 0. The molecule has 24 heavy (non-hydrogen) atoms. The molecule has 136 valence electrons. The first-order valence-electron chi connectivity index (χ1n) is 9.27. The van der Waals surface area contributed by atoms with Crippen LogP contribution in [0.4, 0.5) is 0 Å². The van der Waals surface area contributed by atoms with E-state index < -0.39 is 10.0 Å². The number of likely N-dealkylation sites (tertiary alicyclic amines) is 1. The molecule has 1 aliphatic heterocycles. The fourth-order valence-electron chi connectivity index (χ4n) is 4.00. The molecule has 6 nitrogen and oxygen atoms in total. The molecule has 2 aliphatic rings. The van der Waals surface area contributed by atoms with Gasteiger partial charge in [-0.3, -0.25) is 4.90 Å². The molecule has 1 aromatic rings. The van der Waals surface area contributed by atoms with Gasteiger partial charge in [-0.2, -0.15) is 0 Å². The van der Waals surface area contributed by atoms with Crippen molar-refractivity contribution in [2.45, 2.75) is 57.9 Å². The fraction of sp³-hybridized carbons (Fsp3) is 0.824. The Morgan fingerprint density at radius 2 is 2.04 bits per heavy atom. The van der Waals surface area contributed by atoms with Crippen LogP contribution in [0, 0.1) is 0 Å². The van der Waals surface area contributed by atoms with E-state index in [1.165, 1.54) is 36.5 Å². The van der Waals surface area contributed by atoms with E-state index in [0.717, 1.165) is 38.8 Å². The summed E-state index contributed by atoms with van der Waals surface area (Å²) in [5, 5.41) is 0. The van der Waals surface area contributed by atoms with Gasteiger partial charge in [0.25, 0.3) is 0 Å². The molecule has 1 N–H and O–H groups in total. The van der Waals surface area contributed by atoms with Crippen molar-refractivity contribution in [3.8, 4) is 0 Å². The van der Waals surface area contributed by atoms with E-state index in [4.69, 9.17) is 4.98 Å². The van der Waals surface area contributed by atoms with Gasteiger partial charge in [0, 0.05) is 25.8 Å². The number of hydrogen-bond donors (Lipinski definition) is 1. The maximum atomic E-state index is 11.5. The number of imidazole rings is 1. The van der Waals surface area contributed by atoms with E-state index in [1.54, 1.807) is 6.92 Å². The van der Waals surface area contributed by atoms with E-state index in [2.05, 4.69) is 21.2 Å². The molecule has 0 radical (unpaired) electrons. The van der Waals surface area contributed by atoms with Crippen molar-refractivity contribution in [3.63, 3.8) is 0 Å². The highest BCUT2D eigenvalue weighted by Gasteiger charge is 2.31. The third-order valence-corrected chi connectivity index (χ3v) is 6.80. The molecule has 0 bridgehead atoms. The zero-order chi connectivity index (χ0) is 17.2. The quantitative estimate of drug-likeness (QED) is 0.758. The maximum Gasteiger partial charge on any atom is 0.211 e. The lowest BCUT2D eigenvalue weighted by molar-refractivity contribution is 0.242. The van der Waals surface area contributed by atoms with Crippen LogP contribution in [0.3, 0.4) is 0 Å². The molecule has 0 spiro atoms. The standard InChI is InChI=1S/C17H30N4O2S/c1-3-24(22,23)18-11-7-13-21-12-6-10-16(21)17-19-14-8-4-5-9-15(14)20(17)2/h16,18H,3-13H2,1-2H3/t16-/m1/s1. The predicted octanol–water partition coefficient (Wildman–Crippen LogP) is 1.77. The van der Waals surface area contributed by atoms with Gasteiger partial charge in [-0.1, -0.05) is 0 Å². The average molecular weight is 355 g/mol. The van der Waals surface area contributed by atoms with Gasteiger partial charge in [0.2, 0.25) is 10.0 Å². The van der Waals surface area contributed by atoms with Crippen LogP contribution in [-0.4, -0.2) is 48.3 Å². The molecule has 2 heterocycles. The van der Waals surface area contributed by atoms with Gasteiger partial charge >= 0.3 is 0 Å². The smallest absolute Gasteiger partial charge is 0.211 e. The fourth-order valence-corrected chi connectivity index (χ4v) is 4.66. The lowest BCUT2D eigenvalue weighted by atomic mass is 10.0. The topological polar surface area (TPSA) is 67.2 Å². The van der Waals surface area contributed by atoms with Gasteiger partial charge in [-0.05, 0) is 58.4 Å². The Morgan fingerprint density at radius 1 is 1.25 bits per heavy atom. The van der Waals surface area contributed by atoms with Crippen molar-refractivity contribution in [2.75, 3.05) is 25.4 Å². The van der Waals surface area contributed by atoms with E-state index in [-0.39, 0.29) is 5.75 Å². The molecule has 1 aliphatic carbocycles. The molecule has 0 amide bonds. The number of sulfonamides is 1. The summed E-state index contributed by atoms with van der Waals surface area (Å²) < 4.78 is 28.0. The van der Waals surface area contributed by atoms with E-state index >= 15 is 0 Å². The van der Waals surface area contributed by atoms with E-state index in [1.807, 2.05) is 0 Å². The number of aryl methyl sites for hydroxylation is 1. The van der Waals surface area contributed by atoms with Crippen molar-refractivity contribution in [3.05, 3.63) is 17.2 Å². The predicted molar refractivity (Wildman–Crippen MR) is 95.5 cm³/mol. The molecule has 1 atom stereocenters. The van der Waals surface area contributed by atoms with Crippen molar-refractivity contribution in [1.82, 2.24) is 19.2 Å². The van der Waals surface area contributed by atoms with Crippen LogP contribution in [0.5, 0.6) is 0 Å². The summed E-state index contributed by atoms with van der Waals surface area (Å²) in [6.07, 6.45) is 8.01. The van der Waals surface area contributed by atoms with Crippen LogP contribution in [0.15, 0.2) is 0 Å². The van der Waals surface area contributed by atoms with Crippen molar-refractivity contribution in [1.29, 1.82) is 0 Å². The Kier molecular flexibility index (Phi) is 5.62. The van der Waals surface area contributed by atoms with Gasteiger partial charge in [0.1, 0.15) is 5.82 Å². The third kappa shape index (κ3) is 3.83. The number of nitrogens with one attached hydrogen (secondary N) is 1. The van der Waals surface area contributed by atoms with Gasteiger partial charge in [0.05, 0.1) is 17.5 Å². The minimum Gasteiger partial charge on any atom is -0.334 e. The van der Waals surface area contributed by atoms with Crippen LogP contribution in [0.1, 0.15) is 62.3 Å². The van der Waals surface area contributed by atoms with Crippen LogP contribution in [-0.2, 0) is 29.9 Å². The molecular weight excluding hydrogens is 324 g/mol. The molecule has 7 heteroatoms. The lowest BCUT2D eigenvalue weighted by Crippen LogP contribution is -2.31. The first-order chi connectivity index (χ1) is 11.5. The summed E-state index contributed by atoms with van der Waals surface area (Å²) in [6, 6.07) is 0.392. The number of aromatic nitrogens is 2. The third-order valence-electron chi connectivity index (χ3n) is 5.39. The Morgan fingerprint density at radius 3 is 2.79 bits per heavy atom. The molecule has 3 rings (SSSR count). The molecule has 0 saturated carbocycles. The van der Waals surface area contributed by atoms with E-state index in [9.17, 15) is 8.42 Å².